The third-order valence-electron chi connectivity index (χ3n) is 7.04. The maximum atomic E-state index is 13.2. The van der Waals surface area contributed by atoms with Crippen LogP contribution in [0.1, 0.15) is 57.1 Å². The van der Waals surface area contributed by atoms with Crippen LogP contribution in [0, 0.1) is 11.3 Å². The predicted molar refractivity (Wildman–Crippen MR) is 131 cm³/mol. The highest BCUT2D eigenvalue weighted by Gasteiger charge is 2.35. The lowest BCUT2D eigenvalue weighted by Crippen LogP contribution is -2.57. The van der Waals surface area contributed by atoms with Crippen molar-refractivity contribution in [2.24, 2.45) is 7.05 Å². The van der Waals surface area contributed by atoms with Gasteiger partial charge in [-0.2, -0.15) is 10.2 Å². The minimum atomic E-state index is -2.50. The summed E-state index contributed by atoms with van der Waals surface area (Å²) in [5.74, 6) is 1.14. The lowest BCUT2D eigenvalue weighted by molar-refractivity contribution is 0.118. The third kappa shape index (κ3) is 4.41. The van der Waals surface area contributed by atoms with E-state index >= 15 is 0 Å². The third-order valence-corrected chi connectivity index (χ3v) is 7.04. The monoisotopic (exact) mass is 483 g/mol. The molecule has 8 nitrogen and oxygen atoms in total. The summed E-state index contributed by atoms with van der Waals surface area (Å²) in [6, 6.07) is 8.78. The first-order valence-corrected chi connectivity index (χ1v) is 11.9. The molecule has 35 heavy (non-hydrogen) atoms. The Hall–Kier alpha value is -3.32. The molecule has 0 aliphatic carbocycles. The summed E-state index contributed by atoms with van der Waals surface area (Å²) in [5, 5.41) is 9.26. The van der Waals surface area contributed by atoms with Gasteiger partial charge in [0.25, 0.3) is 6.43 Å². The molecule has 0 N–H and O–H groups in total. The number of halogens is 2. The molecule has 1 saturated heterocycles. The Bertz CT molecular complexity index is 1330. The fourth-order valence-electron chi connectivity index (χ4n) is 5.16. The van der Waals surface area contributed by atoms with Crippen molar-refractivity contribution < 1.29 is 8.78 Å². The molecule has 2 aromatic heterocycles. The van der Waals surface area contributed by atoms with Crippen LogP contribution in [0.25, 0.3) is 11.2 Å². The van der Waals surface area contributed by atoms with Gasteiger partial charge in [-0.25, -0.2) is 18.6 Å². The molecule has 1 aliphatic rings. The zero-order valence-corrected chi connectivity index (χ0v) is 20.7. The fourth-order valence-corrected chi connectivity index (χ4v) is 5.16. The van der Waals surface area contributed by atoms with Crippen molar-refractivity contribution in [3.63, 3.8) is 0 Å². The SMILES string of the molecule is CCn1c(CC#N)nc2c(N3C[C@@H](C)N(C(C)c4cccc(C(F)F)c4)C[C@@H]3C)nc(=O)n(C)c21. The van der Waals surface area contributed by atoms with Crippen LogP contribution in [-0.2, 0) is 20.0 Å². The molecule has 3 atom stereocenters. The van der Waals surface area contributed by atoms with Gasteiger partial charge >= 0.3 is 5.69 Å². The summed E-state index contributed by atoms with van der Waals surface area (Å²) in [5.41, 5.74) is 1.79. The van der Waals surface area contributed by atoms with E-state index in [0.29, 0.717) is 42.4 Å². The average molecular weight is 484 g/mol. The summed E-state index contributed by atoms with van der Waals surface area (Å²) >= 11 is 0. The van der Waals surface area contributed by atoms with E-state index in [9.17, 15) is 18.8 Å². The minimum Gasteiger partial charge on any atom is -0.349 e. The number of alkyl halides is 2. The van der Waals surface area contributed by atoms with Gasteiger partial charge in [0.1, 0.15) is 17.0 Å². The molecule has 0 amide bonds. The molecule has 186 valence electrons. The Labute approximate surface area is 203 Å². The van der Waals surface area contributed by atoms with E-state index in [1.165, 1.54) is 10.6 Å². The molecule has 1 aliphatic heterocycles. The number of hydrogen-bond donors (Lipinski definition) is 0. The Morgan fingerprint density at radius 1 is 1.17 bits per heavy atom. The molecule has 1 aromatic carbocycles. The van der Waals surface area contributed by atoms with Crippen molar-refractivity contribution in [2.75, 3.05) is 18.0 Å². The maximum absolute atomic E-state index is 13.2. The largest absolute Gasteiger partial charge is 0.350 e. The van der Waals surface area contributed by atoms with E-state index in [1.54, 1.807) is 19.2 Å². The van der Waals surface area contributed by atoms with Crippen LogP contribution in [0.2, 0.25) is 0 Å². The Balaban J connectivity index is 1.69. The van der Waals surface area contributed by atoms with Crippen LogP contribution in [0.4, 0.5) is 14.6 Å². The van der Waals surface area contributed by atoms with Gasteiger partial charge < -0.3 is 9.47 Å². The minimum absolute atomic E-state index is 0.000862. The highest BCUT2D eigenvalue weighted by molar-refractivity contribution is 5.84. The van der Waals surface area contributed by atoms with Gasteiger partial charge in [-0.05, 0) is 39.3 Å². The quantitative estimate of drug-likeness (QED) is 0.530. The number of rotatable bonds is 6. The highest BCUT2D eigenvalue weighted by Crippen LogP contribution is 2.33. The number of anilines is 1. The van der Waals surface area contributed by atoms with Gasteiger partial charge in [0.2, 0.25) is 0 Å². The van der Waals surface area contributed by atoms with Crippen LogP contribution in [0.5, 0.6) is 0 Å². The molecule has 4 rings (SSSR count). The zero-order valence-electron chi connectivity index (χ0n) is 20.7. The molecular formula is C25H31F2N7O. The molecule has 0 bridgehead atoms. The second-order valence-electron chi connectivity index (χ2n) is 9.25. The summed E-state index contributed by atoms with van der Waals surface area (Å²) < 4.78 is 29.9. The summed E-state index contributed by atoms with van der Waals surface area (Å²) in [7, 11) is 1.67. The number of aromatic nitrogens is 4. The lowest BCUT2D eigenvalue weighted by atomic mass is 9.99. The lowest BCUT2D eigenvalue weighted by Gasteiger charge is -2.47. The van der Waals surface area contributed by atoms with Crippen LogP contribution >= 0.6 is 0 Å². The van der Waals surface area contributed by atoms with E-state index in [4.69, 9.17) is 4.98 Å². The van der Waals surface area contributed by atoms with Crippen molar-refractivity contribution in [3.05, 3.63) is 51.7 Å². The molecule has 1 unspecified atom stereocenters. The van der Waals surface area contributed by atoms with Crippen LogP contribution < -0.4 is 10.6 Å². The first-order valence-electron chi connectivity index (χ1n) is 11.9. The Morgan fingerprint density at radius 3 is 2.54 bits per heavy atom. The molecule has 0 spiro atoms. The first kappa shape index (κ1) is 24.8. The van der Waals surface area contributed by atoms with Gasteiger partial charge in [0, 0.05) is 50.4 Å². The molecule has 10 heteroatoms. The van der Waals surface area contributed by atoms with Gasteiger partial charge in [0.05, 0.1) is 12.5 Å². The molecule has 3 heterocycles. The molecule has 3 aromatic rings. The second kappa shape index (κ2) is 9.74. The number of nitriles is 1. The van der Waals surface area contributed by atoms with Crippen molar-refractivity contribution >= 4 is 17.0 Å². The predicted octanol–water partition coefficient (Wildman–Crippen LogP) is 3.81. The number of nitrogens with zero attached hydrogens (tertiary/aromatic N) is 7. The zero-order chi connectivity index (χ0) is 25.4. The number of hydrogen-bond acceptors (Lipinski definition) is 6. The number of aryl methyl sites for hydroxylation is 2. The average Bonchev–Trinajstić information content (AvgIpc) is 3.21. The topological polar surface area (TPSA) is 83.0 Å². The van der Waals surface area contributed by atoms with E-state index < -0.39 is 6.43 Å². The Morgan fingerprint density at radius 2 is 1.89 bits per heavy atom. The fraction of sp³-hybridized carbons (Fsp3) is 0.520. The van der Waals surface area contributed by atoms with Gasteiger partial charge in [-0.1, -0.05) is 18.2 Å². The summed E-state index contributed by atoms with van der Waals surface area (Å²) in [4.78, 5) is 26.3. The summed E-state index contributed by atoms with van der Waals surface area (Å²) in [6.45, 7) is 10.0. The number of piperazine rings is 1. The number of imidazole rings is 1. The molecule has 0 radical (unpaired) electrons. The molecule has 0 saturated carbocycles. The van der Waals surface area contributed by atoms with Crippen molar-refractivity contribution in [2.45, 2.75) is 65.2 Å². The highest BCUT2D eigenvalue weighted by atomic mass is 19.3. The van der Waals surface area contributed by atoms with Crippen LogP contribution in [-0.4, -0.2) is 49.2 Å². The van der Waals surface area contributed by atoms with Crippen LogP contribution in [0.15, 0.2) is 29.1 Å². The normalized spacial score (nSPS) is 19.9. The van der Waals surface area contributed by atoms with Gasteiger partial charge in [0.15, 0.2) is 5.82 Å². The van der Waals surface area contributed by atoms with Crippen LogP contribution in [0.3, 0.4) is 0 Å². The summed E-state index contributed by atoms with van der Waals surface area (Å²) in [6.07, 6.45) is -2.36. The second-order valence-corrected chi connectivity index (χ2v) is 9.25. The molecular weight excluding hydrogens is 452 g/mol. The van der Waals surface area contributed by atoms with Gasteiger partial charge in [-0.3, -0.25) is 9.47 Å². The first-order chi connectivity index (χ1) is 16.7. The number of fused-ring (bicyclic) bond motifs is 1. The van der Waals surface area contributed by atoms with E-state index in [-0.39, 0.29) is 35.8 Å². The van der Waals surface area contributed by atoms with E-state index in [2.05, 4.69) is 34.7 Å². The maximum Gasteiger partial charge on any atom is 0.350 e. The van der Waals surface area contributed by atoms with Crippen molar-refractivity contribution in [1.29, 1.82) is 5.26 Å². The van der Waals surface area contributed by atoms with E-state index in [0.717, 1.165) is 5.56 Å². The smallest absolute Gasteiger partial charge is 0.349 e. The molecule has 1 fully saturated rings. The van der Waals surface area contributed by atoms with Crippen molar-refractivity contribution in [1.82, 2.24) is 24.0 Å². The van der Waals surface area contributed by atoms with E-state index in [1.807, 2.05) is 24.5 Å². The Kier molecular flexibility index (Phi) is 6.90. The van der Waals surface area contributed by atoms with Gasteiger partial charge in [-0.15, -0.1) is 0 Å². The van der Waals surface area contributed by atoms with Crippen molar-refractivity contribution in [3.8, 4) is 6.07 Å². The standard InChI is InChI=1S/C25H31F2N7O/c1-6-32-20(10-11-28)29-21-23(30-25(35)31(5)24(21)32)34-14-15(2)33(13-16(34)3)17(4)18-8-7-9-19(12-18)22(26)27/h7-9,12,15-17,22H,6,10,13-14H2,1-5H3/t15-,16+,17?/m1/s1. The number of benzene rings is 1.